The summed E-state index contributed by atoms with van der Waals surface area (Å²) in [6.45, 7) is 0.458. The summed E-state index contributed by atoms with van der Waals surface area (Å²) in [5, 5.41) is 0. The molecule has 0 aliphatic rings. The minimum atomic E-state index is 0.458. The predicted molar refractivity (Wildman–Crippen MR) is 42.0 cm³/mol. The van der Waals surface area contributed by atoms with Gasteiger partial charge < -0.3 is 10.6 Å². The van der Waals surface area contributed by atoms with Gasteiger partial charge in [0.15, 0.2) is 5.75 Å². The Balaban J connectivity index is 2.83. The summed E-state index contributed by atoms with van der Waals surface area (Å²) in [5.74, 6) is 0.678. The van der Waals surface area contributed by atoms with E-state index < -0.39 is 0 Å². The summed E-state index contributed by atoms with van der Waals surface area (Å²) in [4.78, 5) is 9.36. The van der Waals surface area contributed by atoms with Crippen molar-refractivity contribution in [3.8, 4) is 5.75 Å². The molecule has 0 amide bonds. The van der Waals surface area contributed by atoms with Gasteiger partial charge in [0.25, 0.3) is 0 Å². The third kappa shape index (κ3) is 1.93. The molecular weight excluding hydrogens is 142 g/mol. The van der Waals surface area contributed by atoms with Gasteiger partial charge in [0.05, 0.1) is 7.11 Å². The third-order valence-corrected chi connectivity index (χ3v) is 1.37. The van der Waals surface area contributed by atoms with Crippen molar-refractivity contribution >= 4 is 0 Å². The smallest absolute Gasteiger partial charge is 0.169 e. The second-order valence-corrected chi connectivity index (χ2v) is 2.06. The summed E-state index contributed by atoms with van der Waals surface area (Å²) in [5.41, 5.74) is 6.38. The SMILES string of the molecule is COOc1ccccc1CN. The fraction of sp³-hybridized carbons (Fsp3) is 0.250. The molecule has 1 aromatic rings. The van der Waals surface area contributed by atoms with E-state index in [1.54, 1.807) is 0 Å². The van der Waals surface area contributed by atoms with Crippen LogP contribution in [0.2, 0.25) is 0 Å². The lowest BCUT2D eigenvalue weighted by Gasteiger charge is -2.04. The van der Waals surface area contributed by atoms with Crippen LogP contribution < -0.4 is 10.6 Å². The van der Waals surface area contributed by atoms with Gasteiger partial charge in [0, 0.05) is 12.1 Å². The Bertz CT molecular complexity index is 225. The largest absolute Gasteiger partial charge is 0.338 e. The molecule has 0 aliphatic carbocycles. The van der Waals surface area contributed by atoms with Gasteiger partial charge in [-0.05, 0) is 6.07 Å². The zero-order valence-corrected chi connectivity index (χ0v) is 6.41. The molecule has 3 nitrogen and oxygen atoms in total. The molecule has 0 radical (unpaired) electrons. The van der Waals surface area contributed by atoms with Crippen LogP contribution >= 0.6 is 0 Å². The Hall–Kier alpha value is -1.06. The molecule has 0 saturated heterocycles. The number of hydrogen-bond acceptors (Lipinski definition) is 3. The maximum absolute atomic E-state index is 5.45. The Labute approximate surface area is 65.7 Å². The fourth-order valence-corrected chi connectivity index (χ4v) is 0.844. The molecule has 1 rings (SSSR count). The van der Waals surface area contributed by atoms with Crippen molar-refractivity contribution in [2.75, 3.05) is 7.11 Å². The lowest BCUT2D eigenvalue weighted by atomic mass is 10.2. The van der Waals surface area contributed by atoms with Crippen molar-refractivity contribution in [2.24, 2.45) is 5.73 Å². The molecule has 0 spiro atoms. The van der Waals surface area contributed by atoms with Gasteiger partial charge in [-0.3, -0.25) is 0 Å². The minimum absolute atomic E-state index is 0.458. The van der Waals surface area contributed by atoms with Crippen molar-refractivity contribution in [2.45, 2.75) is 6.54 Å². The van der Waals surface area contributed by atoms with Gasteiger partial charge in [-0.2, -0.15) is 4.89 Å². The first-order valence-corrected chi connectivity index (χ1v) is 3.37. The third-order valence-electron chi connectivity index (χ3n) is 1.37. The maximum atomic E-state index is 5.45. The standard InChI is InChI=1S/C8H11NO2/c1-10-11-8-5-3-2-4-7(8)6-9/h2-5H,6,9H2,1H3. The highest BCUT2D eigenvalue weighted by Gasteiger charge is 1.99. The lowest BCUT2D eigenvalue weighted by Crippen LogP contribution is -2.00. The number of para-hydroxylation sites is 1. The van der Waals surface area contributed by atoms with E-state index in [0.29, 0.717) is 12.3 Å². The molecule has 0 unspecified atom stereocenters. The van der Waals surface area contributed by atoms with Crippen molar-refractivity contribution in [3.05, 3.63) is 29.8 Å². The van der Waals surface area contributed by atoms with Crippen LogP contribution in [-0.2, 0) is 11.4 Å². The molecule has 0 aromatic heterocycles. The average Bonchev–Trinajstić information content (AvgIpc) is 2.06. The molecule has 1 aromatic carbocycles. The quantitative estimate of drug-likeness (QED) is 0.522. The molecule has 0 saturated carbocycles. The molecule has 0 atom stereocenters. The van der Waals surface area contributed by atoms with Crippen LogP contribution in [0, 0.1) is 0 Å². The highest BCUT2D eigenvalue weighted by Crippen LogP contribution is 2.16. The molecular formula is C8H11NO2. The van der Waals surface area contributed by atoms with Crippen LogP contribution in [0.25, 0.3) is 0 Å². The summed E-state index contributed by atoms with van der Waals surface area (Å²) < 4.78 is 0. The monoisotopic (exact) mass is 153 g/mol. The zero-order valence-electron chi connectivity index (χ0n) is 6.41. The summed E-state index contributed by atoms with van der Waals surface area (Å²) >= 11 is 0. The molecule has 0 aliphatic heterocycles. The minimum Gasteiger partial charge on any atom is -0.338 e. The van der Waals surface area contributed by atoms with E-state index in [2.05, 4.69) is 4.89 Å². The highest BCUT2D eigenvalue weighted by molar-refractivity contribution is 5.32. The Morgan fingerprint density at radius 3 is 2.73 bits per heavy atom. The predicted octanol–water partition coefficient (Wildman–Crippen LogP) is 1.09. The van der Waals surface area contributed by atoms with Gasteiger partial charge in [-0.15, -0.1) is 0 Å². The van der Waals surface area contributed by atoms with Crippen molar-refractivity contribution in [1.29, 1.82) is 0 Å². The van der Waals surface area contributed by atoms with Crippen LogP contribution in [0.1, 0.15) is 5.56 Å². The summed E-state index contributed by atoms with van der Waals surface area (Å²) in [6.07, 6.45) is 0. The highest BCUT2D eigenvalue weighted by atomic mass is 17.2. The van der Waals surface area contributed by atoms with Gasteiger partial charge in [0.2, 0.25) is 0 Å². The number of benzene rings is 1. The van der Waals surface area contributed by atoms with E-state index in [0.717, 1.165) is 5.56 Å². The Morgan fingerprint density at radius 2 is 2.09 bits per heavy atom. The Kier molecular flexibility index (Phi) is 2.89. The number of nitrogens with two attached hydrogens (primary N) is 1. The van der Waals surface area contributed by atoms with Crippen LogP contribution in [0.5, 0.6) is 5.75 Å². The molecule has 3 heteroatoms. The topological polar surface area (TPSA) is 44.5 Å². The molecule has 60 valence electrons. The second-order valence-electron chi connectivity index (χ2n) is 2.06. The van der Waals surface area contributed by atoms with E-state index in [-0.39, 0.29) is 0 Å². The lowest BCUT2D eigenvalue weighted by molar-refractivity contribution is -0.178. The van der Waals surface area contributed by atoms with Crippen LogP contribution in [0.15, 0.2) is 24.3 Å². The maximum Gasteiger partial charge on any atom is 0.169 e. The van der Waals surface area contributed by atoms with Gasteiger partial charge >= 0.3 is 0 Å². The first-order chi connectivity index (χ1) is 5.38. The normalized spacial score (nSPS) is 9.64. The second kappa shape index (κ2) is 3.95. The van der Waals surface area contributed by atoms with Crippen molar-refractivity contribution in [3.63, 3.8) is 0 Å². The van der Waals surface area contributed by atoms with E-state index in [4.69, 9.17) is 10.6 Å². The van der Waals surface area contributed by atoms with E-state index in [9.17, 15) is 0 Å². The number of hydrogen-bond donors (Lipinski definition) is 1. The summed E-state index contributed by atoms with van der Waals surface area (Å²) in [6, 6.07) is 7.48. The van der Waals surface area contributed by atoms with Crippen LogP contribution in [0.3, 0.4) is 0 Å². The summed E-state index contributed by atoms with van der Waals surface area (Å²) in [7, 11) is 1.47. The van der Waals surface area contributed by atoms with Crippen molar-refractivity contribution < 1.29 is 9.78 Å². The van der Waals surface area contributed by atoms with Crippen LogP contribution in [-0.4, -0.2) is 7.11 Å². The van der Waals surface area contributed by atoms with E-state index >= 15 is 0 Å². The number of rotatable bonds is 3. The fourth-order valence-electron chi connectivity index (χ4n) is 0.844. The van der Waals surface area contributed by atoms with Gasteiger partial charge in [0.1, 0.15) is 0 Å². The molecule has 0 heterocycles. The molecule has 0 fully saturated rings. The molecule has 2 N–H and O–H groups in total. The average molecular weight is 153 g/mol. The zero-order chi connectivity index (χ0) is 8.10. The van der Waals surface area contributed by atoms with E-state index in [1.807, 2.05) is 24.3 Å². The van der Waals surface area contributed by atoms with Crippen LogP contribution in [0.4, 0.5) is 0 Å². The molecule has 0 bridgehead atoms. The van der Waals surface area contributed by atoms with Gasteiger partial charge in [-0.1, -0.05) is 18.2 Å². The first kappa shape index (κ1) is 8.04. The van der Waals surface area contributed by atoms with Crippen molar-refractivity contribution in [1.82, 2.24) is 0 Å². The van der Waals surface area contributed by atoms with E-state index in [1.165, 1.54) is 7.11 Å². The molecule has 11 heavy (non-hydrogen) atoms. The van der Waals surface area contributed by atoms with Gasteiger partial charge in [-0.25, -0.2) is 0 Å². The first-order valence-electron chi connectivity index (χ1n) is 3.37. The Morgan fingerprint density at radius 1 is 1.36 bits per heavy atom.